The van der Waals surface area contributed by atoms with Gasteiger partial charge in [0.1, 0.15) is 11.4 Å². The molecule has 1 amide bonds. The number of aromatic amines is 1. The van der Waals surface area contributed by atoms with Crippen LogP contribution >= 0.6 is 0 Å². The highest BCUT2D eigenvalue weighted by molar-refractivity contribution is 6.32. The first kappa shape index (κ1) is 19.9. The van der Waals surface area contributed by atoms with E-state index in [-0.39, 0.29) is 5.91 Å². The van der Waals surface area contributed by atoms with Gasteiger partial charge in [0.15, 0.2) is 0 Å². The number of nitrogens with zero attached hydrogens (tertiary/aromatic N) is 4. The van der Waals surface area contributed by atoms with Crippen LogP contribution in [-0.4, -0.2) is 44.8 Å². The first-order chi connectivity index (χ1) is 13.5. The van der Waals surface area contributed by atoms with Crippen molar-refractivity contribution in [2.45, 2.75) is 47.1 Å². The van der Waals surface area contributed by atoms with Gasteiger partial charge in [-0.25, -0.2) is 5.43 Å². The zero-order chi connectivity index (χ0) is 20.3. The van der Waals surface area contributed by atoms with Crippen LogP contribution in [0.3, 0.4) is 0 Å². The molecule has 0 aliphatic carbocycles. The summed E-state index contributed by atoms with van der Waals surface area (Å²) in [6.45, 7) is 13.7. The normalized spacial score (nSPS) is 15.6. The molecule has 0 spiro atoms. The van der Waals surface area contributed by atoms with E-state index in [0.29, 0.717) is 22.9 Å². The van der Waals surface area contributed by atoms with Crippen LogP contribution in [0.1, 0.15) is 61.8 Å². The predicted octanol–water partition coefficient (Wildman–Crippen LogP) is 3.00. The highest BCUT2D eigenvalue weighted by atomic mass is 16.2. The Labute approximate surface area is 165 Å². The Morgan fingerprint density at radius 2 is 2.00 bits per heavy atom. The van der Waals surface area contributed by atoms with Crippen LogP contribution in [0.2, 0.25) is 0 Å². The van der Waals surface area contributed by atoms with Gasteiger partial charge < -0.3 is 4.98 Å². The third kappa shape index (κ3) is 3.89. The second-order valence-corrected chi connectivity index (χ2v) is 7.24. The summed E-state index contributed by atoms with van der Waals surface area (Å²) in [5, 5.41) is 12.2. The molecule has 7 heteroatoms. The van der Waals surface area contributed by atoms with Crippen LogP contribution in [-0.2, 0) is 11.3 Å². The topological polar surface area (TPSA) is 86.3 Å². The fourth-order valence-electron chi connectivity index (χ4n) is 3.59. The number of rotatable bonds is 7. The number of hydrazone groups is 1. The molecule has 0 fully saturated rings. The Hall–Kier alpha value is -2.80. The van der Waals surface area contributed by atoms with Gasteiger partial charge in [0, 0.05) is 24.1 Å². The molecule has 7 nitrogen and oxygen atoms in total. The maximum absolute atomic E-state index is 12.4. The van der Waals surface area contributed by atoms with Gasteiger partial charge in [-0.1, -0.05) is 27.7 Å². The molecule has 148 valence electrons. The van der Waals surface area contributed by atoms with Crippen molar-refractivity contribution in [1.29, 1.82) is 0 Å². The largest absolute Gasteiger partial charge is 0.359 e. The Balaban J connectivity index is 2.05. The lowest BCUT2D eigenvalue weighted by Crippen LogP contribution is -2.23. The van der Waals surface area contributed by atoms with E-state index in [9.17, 15) is 4.79 Å². The second kappa shape index (κ2) is 8.48. The number of carbonyl (C=O) groups excluding carboxylic acids is 1. The minimum absolute atomic E-state index is 0.229. The number of aryl methyl sites for hydroxylation is 1. The third-order valence-electron chi connectivity index (χ3n) is 5.12. The second-order valence-electron chi connectivity index (χ2n) is 7.24. The van der Waals surface area contributed by atoms with Gasteiger partial charge in [0.25, 0.3) is 5.91 Å². The van der Waals surface area contributed by atoms with E-state index >= 15 is 0 Å². The molecule has 3 rings (SSSR count). The predicted molar refractivity (Wildman–Crippen MR) is 111 cm³/mol. The van der Waals surface area contributed by atoms with Crippen molar-refractivity contribution in [3.63, 3.8) is 0 Å². The first-order valence-electron chi connectivity index (χ1n) is 9.78. The molecule has 2 aromatic rings. The maximum atomic E-state index is 12.4. The van der Waals surface area contributed by atoms with Crippen LogP contribution in [0.4, 0.5) is 0 Å². The van der Waals surface area contributed by atoms with Crippen molar-refractivity contribution in [3.8, 4) is 0 Å². The van der Waals surface area contributed by atoms with Crippen molar-refractivity contribution in [2.24, 2.45) is 5.10 Å². The highest BCUT2D eigenvalue weighted by Gasteiger charge is 2.27. The Morgan fingerprint density at radius 3 is 2.61 bits per heavy atom. The molecule has 0 radical (unpaired) electrons. The quantitative estimate of drug-likeness (QED) is 0.723. The van der Waals surface area contributed by atoms with E-state index in [1.54, 1.807) is 18.3 Å². The Morgan fingerprint density at radius 1 is 1.25 bits per heavy atom. The monoisotopic (exact) mass is 380 g/mol. The van der Waals surface area contributed by atoms with Crippen LogP contribution in [0, 0.1) is 6.92 Å². The summed E-state index contributed by atoms with van der Waals surface area (Å²) in [7, 11) is 0. The van der Waals surface area contributed by atoms with Gasteiger partial charge in [-0.15, -0.1) is 5.10 Å². The number of aromatic nitrogens is 3. The molecule has 0 unspecified atom stereocenters. The van der Waals surface area contributed by atoms with E-state index in [2.05, 4.69) is 65.2 Å². The molecule has 28 heavy (non-hydrogen) atoms. The first-order valence-corrected chi connectivity index (χ1v) is 9.78. The maximum Gasteiger partial charge on any atom is 0.273 e. The Bertz CT molecular complexity index is 906. The summed E-state index contributed by atoms with van der Waals surface area (Å²) in [5.74, 6) is 0.0941. The molecule has 0 aromatic carbocycles. The average Bonchev–Trinajstić information content (AvgIpc) is 3.20. The lowest BCUT2D eigenvalue weighted by molar-refractivity contribution is -0.116. The lowest BCUT2D eigenvalue weighted by Gasteiger charge is -2.20. The van der Waals surface area contributed by atoms with Gasteiger partial charge in [0.05, 0.1) is 5.57 Å². The minimum atomic E-state index is -0.229. The van der Waals surface area contributed by atoms with E-state index < -0.39 is 0 Å². The van der Waals surface area contributed by atoms with Gasteiger partial charge in [-0.2, -0.15) is 10.2 Å². The third-order valence-corrected chi connectivity index (χ3v) is 5.12. The summed E-state index contributed by atoms with van der Waals surface area (Å²) in [4.78, 5) is 18.3. The van der Waals surface area contributed by atoms with Crippen LogP contribution < -0.4 is 5.43 Å². The van der Waals surface area contributed by atoms with E-state index in [4.69, 9.17) is 0 Å². The average molecular weight is 380 g/mol. The molecule has 2 aromatic heterocycles. The van der Waals surface area contributed by atoms with E-state index in [1.807, 2.05) is 6.08 Å². The zero-order valence-corrected chi connectivity index (χ0v) is 17.2. The fraction of sp³-hybridized carbons (Fsp3) is 0.429. The smallest absolute Gasteiger partial charge is 0.273 e. The molecular formula is C21H28N6O. The molecule has 1 aliphatic heterocycles. The van der Waals surface area contributed by atoms with Crippen molar-refractivity contribution in [1.82, 2.24) is 25.5 Å². The van der Waals surface area contributed by atoms with Crippen LogP contribution in [0.5, 0.6) is 0 Å². The zero-order valence-electron chi connectivity index (χ0n) is 17.2. The molecular weight excluding hydrogens is 352 g/mol. The van der Waals surface area contributed by atoms with Crippen molar-refractivity contribution >= 4 is 17.7 Å². The highest BCUT2D eigenvalue weighted by Crippen LogP contribution is 2.30. The minimum Gasteiger partial charge on any atom is -0.359 e. The number of hydrogen-bond acceptors (Lipinski definition) is 5. The summed E-state index contributed by atoms with van der Waals surface area (Å²) >= 11 is 0. The summed E-state index contributed by atoms with van der Waals surface area (Å²) in [6.07, 6.45) is 3.49. The van der Waals surface area contributed by atoms with Gasteiger partial charge in [-0.05, 0) is 55.3 Å². The number of H-pyrrole nitrogens is 1. The van der Waals surface area contributed by atoms with Crippen LogP contribution in [0.25, 0.3) is 6.08 Å². The molecule has 0 atom stereocenters. The Kier molecular flexibility index (Phi) is 6.04. The van der Waals surface area contributed by atoms with E-state index in [0.717, 1.165) is 31.0 Å². The molecule has 1 aliphatic rings. The standard InChI is InChI=1S/C21H28N6O/c1-6-27(7-2)12-16-14(5)23-18(19(16)13(3)4)11-15-20(25-26-21(15)28)17-9-8-10-22-24-17/h8-11,13,23H,6-7,12H2,1-5H3,(H,26,28). The van der Waals surface area contributed by atoms with Crippen molar-refractivity contribution in [3.05, 3.63) is 52.1 Å². The van der Waals surface area contributed by atoms with Crippen LogP contribution in [0.15, 0.2) is 29.0 Å². The van der Waals surface area contributed by atoms with E-state index in [1.165, 1.54) is 11.1 Å². The molecule has 0 saturated carbocycles. The van der Waals surface area contributed by atoms with Gasteiger partial charge >= 0.3 is 0 Å². The number of nitrogens with one attached hydrogen (secondary N) is 2. The molecule has 2 N–H and O–H groups in total. The van der Waals surface area contributed by atoms with Gasteiger partial charge in [-0.3, -0.25) is 9.69 Å². The summed E-state index contributed by atoms with van der Waals surface area (Å²) in [5.41, 5.74) is 8.79. The SMILES string of the molecule is CCN(CC)Cc1c(C)[nH]c(C=C2C(=O)NN=C2c2cccnn2)c1C(C)C. The molecule has 3 heterocycles. The summed E-state index contributed by atoms with van der Waals surface area (Å²) in [6, 6.07) is 3.58. The fourth-order valence-corrected chi connectivity index (χ4v) is 3.59. The van der Waals surface area contributed by atoms with Crippen molar-refractivity contribution < 1.29 is 4.79 Å². The van der Waals surface area contributed by atoms with Crippen molar-refractivity contribution in [2.75, 3.05) is 13.1 Å². The summed E-state index contributed by atoms with van der Waals surface area (Å²) < 4.78 is 0. The number of amides is 1. The number of carbonyl (C=O) groups is 1. The molecule has 0 bridgehead atoms. The van der Waals surface area contributed by atoms with Gasteiger partial charge in [0.2, 0.25) is 0 Å². The molecule has 0 saturated heterocycles. The number of hydrogen-bond donors (Lipinski definition) is 2. The lowest BCUT2D eigenvalue weighted by atomic mass is 9.95.